The Hall–Kier alpha value is -0.785. The van der Waals surface area contributed by atoms with Crippen LogP contribution < -0.4 is 0 Å². The first kappa shape index (κ1) is 17.6. The van der Waals surface area contributed by atoms with Gasteiger partial charge in [0.2, 0.25) is 0 Å². The zero-order valence-corrected chi connectivity index (χ0v) is 13.0. The van der Waals surface area contributed by atoms with Crippen LogP contribution in [-0.4, -0.2) is 61.4 Å². The van der Waals surface area contributed by atoms with Gasteiger partial charge in [-0.15, -0.1) is 0 Å². The predicted octanol–water partition coefficient (Wildman–Crippen LogP) is 3.24. The molecule has 1 unspecified atom stereocenters. The first-order valence-electron chi connectivity index (χ1n) is 7.38. The van der Waals surface area contributed by atoms with E-state index in [1.165, 1.54) is 44.7 Å². The Bertz CT molecular complexity index is 458. The zero-order valence-electron chi connectivity index (χ0n) is 12.3. The van der Waals surface area contributed by atoms with Crippen molar-refractivity contribution in [3.05, 3.63) is 35.9 Å². The molecule has 2 nitrogen and oxygen atoms in total. The van der Waals surface area contributed by atoms with E-state index in [9.17, 15) is 17.3 Å². The van der Waals surface area contributed by atoms with Gasteiger partial charge in [0.05, 0.1) is 25.7 Å². The maximum absolute atomic E-state index is 9.75. The minimum absolute atomic E-state index is 0.693. The van der Waals surface area contributed by atoms with Crippen molar-refractivity contribution >= 4 is 18.9 Å². The van der Waals surface area contributed by atoms with Crippen molar-refractivity contribution in [1.29, 1.82) is 0 Å². The quantitative estimate of drug-likeness (QED) is 0.269. The van der Waals surface area contributed by atoms with Gasteiger partial charge in [-0.25, -0.2) is 0 Å². The van der Waals surface area contributed by atoms with Gasteiger partial charge in [0.15, 0.2) is 6.00 Å². The number of piperazine rings is 3. The van der Waals surface area contributed by atoms with Crippen LogP contribution in [0.15, 0.2) is 30.3 Å². The summed E-state index contributed by atoms with van der Waals surface area (Å²) in [5.41, 5.74) is 1.46. The molecule has 0 N–H and O–H groups in total. The van der Waals surface area contributed by atoms with E-state index >= 15 is 0 Å². The molecule has 0 amide bonds. The number of hydrogen-bond acceptors (Lipinski definition) is 1. The van der Waals surface area contributed by atoms with Crippen LogP contribution >= 0.6 is 11.6 Å². The summed E-state index contributed by atoms with van der Waals surface area (Å²) < 4.78 is 40.1. The third kappa shape index (κ3) is 5.14. The van der Waals surface area contributed by atoms with E-state index in [-0.39, 0.29) is 0 Å². The Balaban J connectivity index is 0.000000309. The van der Waals surface area contributed by atoms with Gasteiger partial charge in [0, 0.05) is 13.1 Å². The van der Waals surface area contributed by atoms with Gasteiger partial charge < -0.3 is 21.7 Å². The summed E-state index contributed by atoms with van der Waals surface area (Å²) in [6, 6.07) is 12.3. The lowest BCUT2D eigenvalue weighted by Gasteiger charge is -2.53. The van der Waals surface area contributed by atoms with Crippen LogP contribution in [0, 0.1) is 0 Å². The molecule has 0 aliphatic carbocycles. The van der Waals surface area contributed by atoms with Crippen molar-refractivity contribution in [1.82, 2.24) is 4.90 Å². The Kier molecular flexibility index (Phi) is 5.74. The fraction of sp³-hybridized carbons (Fsp3) is 0.571. The highest BCUT2D eigenvalue weighted by Crippen LogP contribution is 2.26. The number of rotatable bonds is 3. The lowest BCUT2D eigenvalue weighted by Crippen LogP contribution is -2.70. The van der Waals surface area contributed by atoms with Crippen molar-refractivity contribution in [3.8, 4) is 0 Å². The first-order valence-corrected chi connectivity index (χ1v) is 7.91. The van der Waals surface area contributed by atoms with Crippen molar-refractivity contribution in [2.45, 2.75) is 12.5 Å². The molecule has 1 atom stereocenters. The monoisotopic (exact) mass is 338 g/mol. The van der Waals surface area contributed by atoms with Gasteiger partial charge in [-0.05, 0) is 12.0 Å². The average Bonchev–Trinajstić information content (AvgIpc) is 2.48. The molecule has 3 aliphatic heterocycles. The fourth-order valence-corrected chi connectivity index (χ4v) is 3.60. The Morgan fingerprint density at radius 3 is 2.14 bits per heavy atom. The fourth-order valence-electron chi connectivity index (χ4n) is 3.26. The molecule has 3 aliphatic rings. The summed E-state index contributed by atoms with van der Waals surface area (Å²) >= 11 is 6.18. The maximum Gasteiger partial charge on any atom is 0.673 e. The van der Waals surface area contributed by atoms with Crippen LogP contribution in [0.1, 0.15) is 5.56 Å². The SMILES string of the molecule is ClC[N+]12CCN(CC1)C(Cc1ccccc1)C2.F[B-](F)(F)F. The molecule has 3 saturated heterocycles. The Morgan fingerprint density at radius 1 is 1.09 bits per heavy atom. The molecule has 1 aromatic rings. The van der Waals surface area contributed by atoms with Crippen molar-refractivity contribution in [2.75, 3.05) is 38.7 Å². The van der Waals surface area contributed by atoms with Gasteiger partial charge in [-0.1, -0.05) is 41.9 Å². The molecule has 0 radical (unpaired) electrons. The van der Waals surface area contributed by atoms with Gasteiger partial charge in [0.1, 0.15) is 0 Å². The third-order valence-electron chi connectivity index (χ3n) is 4.41. The minimum Gasteiger partial charge on any atom is -0.418 e. The maximum atomic E-state index is 9.75. The summed E-state index contributed by atoms with van der Waals surface area (Å²) in [7, 11) is -6.00. The number of halogens is 5. The highest BCUT2D eigenvalue weighted by molar-refractivity contribution is 6.50. The molecule has 22 heavy (non-hydrogen) atoms. The molecular weight excluding hydrogens is 318 g/mol. The van der Waals surface area contributed by atoms with E-state index in [1.54, 1.807) is 0 Å². The predicted molar refractivity (Wildman–Crippen MR) is 81.3 cm³/mol. The van der Waals surface area contributed by atoms with E-state index in [0.29, 0.717) is 6.04 Å². The summed E-state index contributed by atoms with van der Waals surface area (Å²) in [5.74, 6) is 0. The van der Waals surface area contributed by atoms with E-state index in [2.05, 4.69) is 35.2 Å². The third-order valence-corrected chi connectivity index (χ3v) is 4.91. The smallest absolute Gasteiger partial charge is 0.418 e. The highest BCUT2D eigenvalue weighted by atomic mass is 35.5. The molecule has 2 bridgehead atoms. The van der Waals surface area contributed by atoms with Gasteiger partial charge >= 0.3 is 7.25 Å². The molecule has 1 aromatic carbocycles. The second-order valence-corrected chi connectivity index (χ2v) is 6.20. The zero-order chi connectivity index (χ0) is 16.2. The lowest BCUT2D eigenvalue weighted by atomic mass is 9.98. The molecule has 3 fully saturated rings. The number of nitrogens with zero attached hydrogens (tertiary/aromatic N) is 2. The number of benzene rings is 1. The van der Waals surface area contributed by atoms with Crippen LogP contribution in [-0.2, 0) is 6.42 Å². The molecule has 0 saturated carbocycles. The Morgan fingerprint density at radius 2 is 1.64 bits per heavy atom. The van der Waals surface area contributed by atoms with E-state index in [1.807, 2.05) is 0 Å². The lowest BCUT2D eigenvalue weighted by molar-refractivity contribution is -0.934. The van der Waals surface area contributed by atoms with Gasteiger partial charge in [0.25, 0.3) is 0 Å². The normalized spacial score (nSPS) is 30.6. The molecule has 0 aromatic heterocycles. The largest absolute Gasteiger partial charge is 0.673 e. The number of alkyl halides is 1. The molecule has 0 spiro atoms. The van der Waals surface area contributed by atoms with Gasteiger partial charge in [-0.2, -0.15) is 0 Å². The number of hydrogen-bond donors (Lipinski definition) is 0. The van der Waals surface area contributed by atoms with Crippen LogP contribution in [0.4, 0.5) is 17.3 Å². The van der Waals surface area contributed by atoms with Gasteiger partial charge in [-0.3, -0.25) is 4.90 Å². The van der Waals surface area contributed by atoms with E-state index in [4.69, 9.17) is 11.6 Å². The average molecular weight is 339 g/mol. The summed E-state index contributed by atoms with van der Waals surface area (Å²) in [6.45, 7) is 6.18. The second kappa shape index (κ2) is 7.19. The van der Waals surface area contributed by atoms with Crippen molar-refractivity contribution < 1.29 is 21.7 Å². The van der Waals surface area contributed by atoms with Crippen LogP contribution in [0.25, 0.3) is 0 Å². The van der Waals surface area contributed by atoms with Crippen molar-refractivity contribution in [3.63, 3.8) is 0 Å². The van der Waals surface area contributed by atoms with Crippen molar-refractivity contribution in [2.24, 2.45) is 0 Å². The standard InChI is InChI=1S/C14H20ClN2.BF4/c15-12-17-8-6-16(7-9-17)14(11-17)10-13-4-2-1-3-5-13;2-1(3,4)5/h1-5,14H,6-12H2;/q+1;-1. The molecule has 124 valence electrons. The van der Waals surface area contributed by atoms with Crippen LogP contribution in [0.3, 0.4) is 0 Å². The topological polar surface area (TPSA) is 3.24 Å². The summed E-state index contributed by atoms with van der Waals surface area (Å²) in [4.78, 5) is 2.65. The molecule has 8 heteroatoms. The van der Waals surface area contributed by atoms with Crippen LogP contribution in [0.5, 0.6) is 0 Å². The summed E-state index contributed by atoms with van der Waals surface area (Å²) in [5, 5.41) is 0. The minimum atomic E-state index is -6.00. The summed E-state index contributed by atoms with van der Waals surface area (Å²) in [6.07, 6.45) is 1.18. The number of quaternary nitrogens is 1. The second-order valence-electron chi connectivity index (χ2n) is 5.97. The molecular formula is C14H20BClF4N2. The van der Waals surface area contributed by atoms with E-state index in [0.717, 1.165) is 10.5 Å². The highest BCUT2D eigenvalue weighted by Gasteiger charge is 2.43. The van der Waals surface area contributed by atoms with E-state index < -0.39 is 7.25 Å². The Labute approximate surface area is 133 Å². The molecule has 4 rings (SSSR count). The van der Waals surface area contributed by atoms with Crippen LogP contribution in [0.2, 0.25) is 0 Å². The first-order chi connectivity index (χ1) is 10.3. The number of fused-ring (bicyclic) bond motifs is 3. The molecule has 3 heterocycles.